The highest BCUT2D eigenvalue weighted by molar-refractivity contribution is 5.77. The zero-order valence-corrected chi connectivity index (χ0v) is 10.4. The summed E-state index contributed by atoms with van der Waals surface area (Å²) in [5.41, 5.74) is 0. The number of aliphatic carboxylic acids is 1. The van der Waals surface area contributed by atoms with E-state index in [2.05, 4.69) is 10.3 Å². The zero-order valence-electron chi connectivity index (χ0n) is 10.4. The number of carbonyl (C=O) groups excluding carboxylic acids is 1. The van der Waals surface area contributed by atoms with Gasteiger partial charge in [-0.2, -0.15) is 0 Å². The second kappa shape index (κ2) is 6.28. The number of hydrogen-bond acceptors (Lipinski definition) is 5. The Labute approximate surface area is 109 Å². The summed E-state index contributed by atoms with van der Waals surface area (Å²) in [5, 5.41) is 16.3. The minimum atomic E-state index is -0.926. The van der Waals surface area contributed by atoms with E-state index in [0.29, 0.717) is 19.7 Å². The Balaban J connectivity index is 1.89. The first-order chi connectivity index (χ1) is 9.16. The summed E-state index contributed by atoms with van der Waals surface area (Å²) in [6, 6.07) is -0.380. The fourth-order valence-corrected chi connectivity index (χ4v) is 2.06. The van der Waals surface area contributed by atoms with Crippen molar-refractivity contribution < 1.29 is 19.4 Å². The van der Waals surface area contributed by atoms with Gasteiger partial charge < -0.3 is 14.7 Å². The van der Waals surface area contributed by atoms with E-state index in [0.717, 1.165) is 0 Å². The maximum absolute atomic E-state index is 12.1. The van der Waals surface area contributed by atoms with Crippen molar-refractivity contribution in [1.82, 2.24) is 19.9 Å². The van der Waals surface area contributed by atoms with E-state index in [1.807, 2.05) is 0 Å². The minimum Gasteiger partial charge on any atom is -0.481 e. The zero-order chi connectivity index (χ0) is 13.7. The van der Waals surface area contributed by atoms with Gasteiger partial charge in [-0.05, 0) is 0 Å². The summed E-state index contributed by atoms with van der Waals surface area (Å²) in [5.74, 6) is -1.00. The van der Waals surface area contributed by atoms with Crippen LogP contribution in [-0.4, -0.2) is 62.7 Å². The third-order valence-corrected chi connectivity index (χ3v) is 2.98. The molecule has 8 nitrogen and oxygen atoms in total. The predicted molar refractivity (Wildman–Crippen MR) is 63.2 cm³/mol. The number of ether oxygens (including phenoxy) is 1. The van der Waals surface area contributed by atoms with Crippen LogP contribution in [0, 0.1) is 0 Å². The van der Waals surface area contributed by atoms with Crippen LogP contribution in [0.1, 0.15) is 12.8 Å². The second-order valence-electron chi connectivity index (χ2n) is 4.33. The second-order valence-corrected chi connectivity index (χ2v) is 4.33. The van der Waals surface area contributed by atoms with Crippen LogP contribution in [0.3, 0.4) is 0 Å². The summed E-state index contributed by atoms with van der Waals surface area (Å²) < 4.78 is 6.80. The molecular weight excluding hydrogens is 252 g/mol. The van der Waals surface area contributed by atoms with Crippen molar-refractivity contribution in [2.24, 2.45) is 0 Å². The minimum absolute atomic E-state index is 0.0787. The lowest BCUT2D eigenvalue weighted by molar-refractivity contribution is -0.146. The molecular formula is C11H16N4O4. The number of aryl methyl sites for hydroxylation is 1. The quantitative estimate of drug-likeness (QED) is 0.763. The van der Waals surface area contributed by atoms with E-state index >= 15 is 0 Å². The van der Waals surface area contributed by atoms with Gasteiger partial charge in [0, 0.05) is 19.2 Å². The molecule has 1 aromatic rings. The van der Waals surface area contributed by atoms with Crippen molar-refractivity contribution in [3.63, 3.8) is 0 Å². The molecule has 1 fully saturated rings. The average Bonchev–Trinajstić information content (AvgIpc) is 2.89. The van der Waals surface area contributed by atoms with Crippen molar-refractivity contribution in [2.45, 2.75) is 25.4 Å². The molecule has 1 aliphatic heterocycles. The molecule has 1 aromatic heterocycles. The van der Waals surface area contributed by atoms with E-state index in [1.54, 1.807) is 22.0 Å². The number of carboxylic acid groups (broad SMARTS) is 1. The average molecular weight is 268 g/mol. The number of carboxylic acids is 1. The van der Waals surface area contributed by atoms with Crippen molar-refractivity contribution in [3.8, 4) is 0 Å². The van der Waals surface area contributed by atoms with E-state index < -0.39 is 5.97 Å². The number of rotatable bonds is 5. The number of carbonyl (C=O) groups is 2. The first kappa shape index (κ1) is 13.5. The molecule has 1 N–H and O–H groups in total. The molecule has 1 unspecified atom stereocenters. The normalized spacial score (nSPS) is 19.4. The number of nitrogens with zero attached hydrogens (tertiary/aromatic N) is 4. The lowest BCUT2D eigenvalue weighted by Crippen LogP contribution is -2.49. The topological polar surface area (TPSA) is 97.6 Å². The highest BCUT2D eigenvalue weighted by atomic mass is 16.5. The van der Waals surface area contributed by atoms with Gasteiger partial charge in [0.25, 0.3) is 0 Å². The lowest BCUT2D eigenvalue weighted by Gasteiger charge is -2.34. The molecule has 0 spiro atoms. The molecule has 19 heavy (non-hydrogen) atoms. The van der Waals surface area contributed by atoms with Gasteiger partial charge >= 0.3 is 5.97 Å². The van der Waals surface area contributed by atoms with Crippen LogP contribution in [0.5, 0.6) is 0 Å². The monoisotopic (exact) mass is 268 g/mol. The van der Waals surface area contributed by atoms with Gasteiger partial charge in [0.1, 0.15) is 0 Å². The summed E-state index contributed by atoms with van der Waals surface area (Å²) in [7, 11) is 0. The largest absolute Gasteiger partial charge is 0.481 e. The van der Waals surface area contributed by atoms with Gasteiger partial charge in [-0.3, -0.25) is 14.3 Å². The Morgan fingerprint density at radius 2 is 2.32 bits per heavy atom. The van der Waals surface area contributed by atoms with Crippen molar-refractivity contribution in [1.29, 1.82) is 0 Å². The van der Waals surface area contributed by atoms with Crippen molar-refractivity contribution in [3.05, 3.63) is 12.4 Å². The molecule has 0 aliphatic carbocycles. The van der Waals surface area contributed by atoms with Gasteiger partial charge in [0.2, 0.25) is 5.91 Å². The van der Waals surface area contributed by atoms with Gasteiger partial charge in [0.05, 0.1) is 38.4 Å². The van der Waals surface area contributed by atoms with E-state index in [1.165, 1.54) is 0 Å². The maximum atomic E-state index is 12.1. The van der Waals surface area contributed by atoms with Crippen molar-refractivity contribution >= 4 is 11.9 Å². The SMILES string of the molecule is O=C(O)CC1COCCN1C(=O)CCn1ccnn1. The molecule has 2 heterocycles. The predicted octanol–water partition coefficient (Wildman–Crippen LogP) is -0.630. The Morgan fingerprint density at radius 3 is 3.00 bits per heavy atom. The van der Waals surface area contributed by atoms with E-state index in [9.17, 15) is 9.59 Å². The molecule has 104 valence electrons. The van der Waals surface area contributed by atoms with Crippen LogP contribution in [0.15, 0.2) is 12.4 Å². The number of aromatic nitrogens is 3. The first-order valence-corrected chi connectivity index (χ1v) is 6.10. The fourth-order valence-electron chi connectivity index (χ4n) is 2.06. The third-order valence-electron chi connectivity index (χ3n) is 2.98. The third kappa shape index (κ3) is 3.75. The Bertz CT molecular complexity index is 434. The molecule has 0 radical (unpaired) electrons. The molecule has 0 aromatic carbocycles. The molecule has 1 amide bonds. The smallest absolute Gasteiger partial charge is 0.305 e. The van der Waals surface area contributed by atoms with Gasteiger partial charge in [-0.25, -0.2) is 0 Å². The summed E-state index contributed by atoms with van der Waals surface area (Å²) >= 11 is 0. The number of hydrogen-bond donors (Lipinski definition) is 1. The molecule has 1 aliphatic rings. The molecule has 1 saturated heterocycles. The van der Waals surface area contributed by atoms with Gasteiger partial charge in [0.15, 0.2) is 0 Å². The first-order valence-electron chi connectivity index (χ1n) is 6.10. The van der Waals surface area contributed by atoms with Crippen LogP contribution < -0.4 is 0 Å². The maximum Gasteiger partial charge on any atom is 0.305 e. The standard InChI is InChI=1S/C11H16N4O4/c16-10(1-3-14-4-2-12-13-14)15-5-6-19-8-9(15)7-11(17)18/h2,4,9H,1,3,5-8H2,(H,17,18). The molecule has 1 atom stereocenters. The fraction of sp³-hybridized carbons (Fsp3) is 0.636. The van der Waals surface area contributed by atoms with Crippen LogP contribution in [0.25, 0.3) is 0 Å². The van der Waals surface area contributed by atoms with E-state index in [-0.39, 0.29) is 31.4 Å². The molecule has 2 rings (SSSR count). The molecule has 8 heteroatoms. The molecule has 0 saturated carbocycles. The number of amides is 1. The summed E-state index contributed by atoms with van der Waals surface area (Å²) in [6.45, 7) is 1.61. The summed E-state index contributed by atoms with van der Waals surface area (Å²) in [4.78, 5) is 24.5. The van der Waals surface area contributed by atoms with Crippen LogP contribution in [0.2, 0.25) is 0 Å². The van der Waals surface area contributed by atoms with Crippen molar-refractivity contribution in [2.75, 3.05) is 19.8 Å². The lowest BCUT2D eigenvalue weighted by atomic mass is 10.1. The van der Waals surface area contributed by atoms with Crippen LogP contribution >= 0.6 is 0 Å². The number of morpholine rings is 1. The molecule has 0 bridgehead atoms. The Kier molecular flexibility index (Phi) is 4.45. The van der Waals surface area contributed by atoms with Gasteiger partial charge in [-0.1, -0.05) is 5.21 Å². The highest BCUT2D eigenvalue weighted by Crippen LogP contribution is 2.12. The van der Waals surface area contributed by atoms with Crippen LogP contribution in [0.4, 0.5) is 0 Å². The van der Waals surface area contributed by atoms with Crippen LogP contribution in [-0.2, 0) is 20.9 Å². The highest BCUT2D eigenvalue weighted by Gasteiger charge is 2.28. The Hall–Kier alpha value is -1.96. The van der Waals surface area contributed by atoms with E-state index in [4.69, 9.17) is 9.84 Å². The summed E-state index contributed by atoms with van der Waals surface area (Å²) in [6.07, 6.45) is 3.42. The Morgan fingerprint density at radius 1 is 1.47 bits per heavy atom. The van der Waals surface area contributed by atoms with Gasteiger partial charge in [-0.15, -0.1) is 5.10 Å².